The SMILES string of the molecule is CC(C)[C@@H]1CC[C@]2(C)CC[C@]3(C)[C@H](CC[C@@H]4[C@@]5(C)[C@@H](O)[C@H](O)CC(C)(C)[C@@H]5CC[C@]43C)[C@@H]12. The average Bonchev–Trinajstić information content (AvgIpc) is 3.04. The average molecular weight is 445 g/mol. The van der Waals surface area contributed by atoms with E-state index >= 15 is 0 Å². The van der Waals surface area contributed by atoms with Crippen LogP contribution in [0, 0.1) is 62.6 Å². The summed E-state index contributed by atoms with van der Waals surface area (Å²) in [6.07, 6.45) is 10.4. The molecule has 0 bridgehead atoms. The summed E-state index contributed by atoms with van der Waals surface area (Å²) in [6.45, 7) is 20.0. The monoisotopic (exact) mass is 444 g/mol. The molecule has 0 aromatic rings. The number of hydrogen-bond acceptors (Lipinski definition) is 2. The fourth-order valence-corrected chi connectivity index (χ4v) is 11.9. The third-order valence-electron chi connectivity index (χ3n) is 13.6. The maximum atomic E-state index is 11.6. The Morgan fingerprint density at radius 2 is 1.41 bits per heavy atom. The summed E-state index contributed by atoms with van der Waals surface area (Å²) in [6, 6.07) is 0. The van der Waals surface area contributed by atoms with Gasteiger partial charge in [-0.05, 0) is 115 Å². The molecule has 5 aliphatic rings. The second kappa shape index (κ2) is 6.99. The standard InChI is InChI=1S/C30H52O2/c1-18(2)19-11-13-27(5)15-16-28(6)20(24(19)27)9-10-23-29(28,7)14-12-22-26(3,4)17-21(31)25(32)30(22,23)8/h18-25,31-32H,9-17H2,1-8H3/t19-,20+,21+,22-,23-,24+,25-,27+,28+,29+,30-/m0/s1. The Morgan fingerprint density at radius 1 is 0.719 bits per heavy atom. The Kier molecular flexibility index (Phi) is 5.17. The Hall–Kier alpha value is -0.0800. The molecular weight excluding hydrogens is 392 g/mol. The normalized spacial score (nSPS) is 59.2. The van der Waals surface area contributed by atoms with Gasteiger partial charge in [0.2, 0.25) is 0 Å². The second-order valence-electron chi connectivity index (χ2n) is 15.4. The first kappa shape index (κ1) is 23.7. The van der Waals surface area contributed by atoms with E-state index in [-0.39, 0.29) is 16.2 Å². The van der Waals surface area contributed by atoms with Crippen molar-refractivity contribution in [1.82, 2.24) is 0 Å². The van der Waals surface area contributed by atoms with Crippen molar-refractivity contribution in [3.05, 3.63) is 0 Å². The molecule has 5 rings (SSSR count). The Labute approximate surface area is 198 Å². The molecule has 0 amide bonds. The van der Waals surface area contributed by atoms with Crippen molar-refractivity contribution >= 4 is 0 Å². The highest BCUT2D eigenvalue weighted by atomic mass is 16.3. The van der Waals surface area contributed by atoms with Crippen molar-refractivity contribution in [2.24, 2.45) is 62.6 Å². The van der Waals surface area contributed by atoms with E-state index in [4.69, 9.17) is 0 Å². The predicted molar refractivity (Wildman–Crippen MR) is 132 cm³/mol. The van der Waals surface area contributed by atoms with Crippen LogP contribution in [0.25, 0.3) is 0 Å². The Morgan fingerprint density at radius 3 is 2.06 bits per heavy atom. The lowest BCUT2D eigenvalue weighted by Gasteiger charge is -2.73. The number of aliphatic hydroxyl groups excluding tert-OH is 2. The molecule has 32 heavy (non-hydrogen) atoms. The van der Waals surface area contributed by atoms with Crippen molar-refractivity contribution < 1.29 is 10.2 Å². The van der Waals surface area contributed by atoms with Crippen molar-refractivity contribution in [3.8, 4) is 0 Å². The smallest absolute Gasteiger partial charge is 0.0858 e. The van der Waals surface area contributed by atoms with Crippen LogP contribution in [0.15, 0.2) is 0 Å². The summed E-state index contributed by atoms with van der Waals surface area (Å²) in [5.74, 6) is 4.41. The zero-order valence-electron chi connectivity index (χ0n) is 22.4. The van der Waals surface area contributed by atoms with Crippen molar-refractivity contribution in [2.75, 3.05) is 0 Å². The first-order valence-electron chi connectivity index (χ1n) is 14.1. The second-order valence-corrected chi connectivity index (χ2v) is 15.4. The van der Waals surface area contributed by atoms with Crippen molar-refractivity contribution in [3.63, 3.8) is 0 Å². The minimum absolute atomic E-state index is 0.103. The van der Waals surface area contributed by atoms with Gasteiger partial charge in [-0.15, -0.1) is 0 Å². The molecule has 2 nitrogen and oxygen atoms in total. The summed E-state index contributed by atoms with van der Waals surface area (Å²) in [5.41, 5.74) is 1.10. The summed E-state index contributed by atoms with van der Waals surface area (Å²) in [4.78, 5) is 0. The molecule has 0 spiro atoms. The first-order chi connectivity index (χ1) is 14.7. The van der Waals surface area contributed by atoms with E-state index in [1.54, 1.807) is 0 Å². The molecule has 5 saturated carbocycles. The van der Waals surface area contributed by atoms with Gasteiger partial charge >= 0.3 is 0 Å². The van der Waals surface area contributed by atoms with Gasteiger partial charge < -0.3 is 10.2 Å². The topological polar surface area (TPSA) is 40.5 Å². The molecule has 0 heterocycles. The molecule has 5 fully saturated rings. The van der Waals surface area contributed by atoms with Gasteiger partial charge in [0.05, 0.1) is 12.2 Å². The van der Waals surface area contributed by atoms with Crippen LogP contribution in [0.2, 0.25) is 0 Å². The quantitative estimate of drug-likeness (QED) is 0.454. The van der Waals surface area contributed by atoms with Gasteiger partial charge in [0.1, 0.15) is 0 Å². The summed E-state index contributed by atoms with van der Waals surface area (Å²) in [7, 11) is 0. The number of hydrogen-bond donors (Lipinski definition) is 2. The molecule has 2 N–H and O–H groups in total. The minimum atomic E-state index is -0.575. The van der Waals surface area contributed by atoms with Crippen molar-refractivity contribution in [1.29, 1.82) is 0 Å². The third-order valence-corrected chi connectivity index (χ3v) is 13.6. The zero-order chi connectivity index (χ0) is 23.5. The first-order valence-corrected chi connectivity index (χ1v) is 14.1. The highest BCUT2D eigenvalue weighted by Gasteiger charge is 2.71. The maximum Gasteiger partial charge on any atom is 0.0858 e. The summed E-state index contributed by atoms with van der Waals surface area (Å²) < 4.78 is 0. The molecule has 184 valence electrons. The van der Waals surface area contributed by atoms with Gasteiger partial charge in [0.15, 0.2) is 0 Å². The molecule has 11 atom stereocenters. The molecule has 0 unspecified atom stereocenters. The Balaban J connectivity index is 1.57. The van der Waals surface area contributed by atoms with Gasteiger partial charge in [-0.2, -0.15) is 0 Å². The van der Waals surface area contributed by atoms with E-state index < -0.39 is 12.2 Å². The van der Waals surface area contributed by atoms with Crippen molar-refractivity contribution in [2.45, 2.75) is 125 Å². The van der Waals surface area contributed by atoms with Crippen LogP contribution >= 0.6 is 0 Å². The summed E-state index contributed by atoms with van der Waals surface area (Å²) in [5, 5.41) is 22.5. The van der Waals surface area contributed by atoms with Crippen LogP contribution in [-0.2, 0) is 0 Å². The van der Waals surface area contributed by atoms with Crippen LogP contribution < -0.4 is 0 Å². The lowest BCUT2D eigenvalue weighted by molar-refractivity contribution is -0.276. The number of rotatable bonds is 1. The van der Waals surface area contributed by atoms with Crippen LogP contribution in [0.3, 0.4) is 0 Å². The maximum absolute atomic E-state index is 11.6. The highest BCUT2D eigenvalue weighted by molar-refractivity contribution is 5.20. The largest absolute Gasteiger partial charge is 0.390 e. The molecule has 0 radical (unpaired) electrons. The minimum Gasteiger partial charge on any atom is -0.390 e. The fourth-order valence-electron chi connectivity index (χ4n) is 11.9. The summed E-state index contributed by atoms with van der Waals surface area (Å²) >= 11 is 0. The van der Waals surface area contributed by atoms with Gasteiger partial charge in [0, 0.05) is 5.41 Å². The van der Waals surface area contributed by atoms with Crippen LogP contribution in [-0.4, -0.2) is 22.4 Å². The lowest BCUT2D eigenvalue weighted by Crippen LogP contribution is -2.69. The molecular formula is C30H52O2. The fraction of sp³-hybridized carbons (Fsp3) is 1.00. The molecule has 5 aliphatic carbocycles. The van der Waals surface area contributed by atoms with Gasteiger partial charge in [0.25, 0.3) is 0 Å². The molecule has 2 heteroatoms. The number of aliphatic hydroxyl groups is 2. The van der Waals surface area contributed by atoms with E-state index in [9.17, 15) is 10.2 Å². The zero-order valence-corrected chi connectivity index (χ0v) is 22.4. The van der Waals surface area contributed by atoms with E-state index in [2.05, 4.69) is 55.4 Å². The van der Waals surface area contributed by atoms with E-state index in [0.29, 0.717) is 22.7 Å². The lowest BCUT2D eigenvalue weighted by atomic mass is 9.32. The van der Waals surface area contributed by atoms with E-state index in [1.165, 1.54) is 51.4 Å². The van der Waals surface area contributed by atoms with Gasteiger partial charge in [-0.1, -0.05) is 55.4 Å². The highest BCUT2D eigenvalue weighted by Crippen LogP contribution is 2.77. The van der Waals surface area contributed by atoms with E-state index in [0.717, 1.165) is 30.1 Å². The van der Waals surface area contributed by atoms with Gasteiger partial charge in [-0.25, -0.2) is 0 Å². The molecule has 0 aromatic carbocycles. The Bertz CT molecular complexity index is 758. The van der Waals surface area contributed by atoms with Crippen LogP contribution in [0.1, 0.15) is 113 Å². The molecule has 0 aromatic heterocycles. The molecule has 0 aliphatic heterocycles. The van der Waals surface area contributed by atoms with E-state index in [1.807, 2.05) is 0 Å². The number of fused-ring (bicyclic) bond motifs is 7. The third kappa shape index (κ3) is 2.72. The van der Waals surface area contributed by atoms with Gasteiger partial charge in [-0.3, -0.25) is 0 Å². The van der Waals surface area contributed by atoms with Crippen LogP contribution in [0.5, 0.6) is 0 Å². The predicted octanol–water partition coefficient (Wildman–Crippen LogP) is 7.08. The molecule has 0 saturated heterocycles. The van der Waals surface area contributed by atoms with Crippen LogP contribution in [0.4, 0.5) is 0 Å².